The Bertz CT molecular complexity index is 516. The molecule has 18 heavy (non-hydrogen) atoms. The Balaban J connectivity index is 2.19. The van der Waals surface area contributed by atoms with Crippen LogP contribution in [0.25, 0.3) is 0 Å². The molecule has 0 aliphatic heterocycles. The summed E-state index contributed by atoms with van der Waals surface area (Å²) in [6, 6.07) is 8.79. The van der Waals surface area contributed by atoms with E-state index in [2.05, 4.69) is 41.6 Å². The predicted octanol–water partition coefficient (Wildman–Crippen LogP) is 3.11. The molecule has 0 saturated heterocycles. The molecule has 1 aromatic heterocycles. The van der Waals surface area contributed by atoms with Crippen molar-refractivity contribution in [2.75, 3.05) is 7.05 Å². The standard InChI is InChI=1S/C14H18ClN3/c1-10-4-6-12(7-5-10)14(16-3)9-18-11(2)13(15)8-17-18/h4-8,14,16H,9H2,1-3H3. The van der Waals surface area contributed by atoms with Crippen LogP contribution in [0.2, 0.25) is 5.02 Å². The number of hydrogen-bond acceptors (Lipinski definition) is 2. The van der Waals surface area contributed by atoms with Crippen LogP contribution < -0.4 is 5.32 Å². The van der Waals surface area contributed by atoms with Crippen molar-refractivity contribution in [2.45, 2.75) is 26.4 Å². The molecule has 1 aromatic carbocycles. The van der Waals surface area contributed by atoms with E-state index in [0.29, 0.717) is 5.02 Å². The van der Waals surface area contributed by atoms with E-state index in [-0.39, 0.29) is 6.04 Å². The van der Waals surface area contributed by atoms with Gasteiger partial charge in [0.2, 0.25) is 0 Å². The minimum atomic E-state index is 0.236. The molecule has 3 nitrogen and oxygen atoms in total. The number of benzene rings is 1. The van der Waals surface area contributed by atoms with E-state index in [9.17, 15) is 0 Å². The van der Waals surface area contributed by atoms with Crippen LogP contribution in [0.4, 0.5) is 0 Å². The number of nitrogens with zero attached hydrogens (tertiary/aromatic N) is 2. The molecule has 1 unspecified atom stereocenters. The number of rotatable bonds is 4. The van der Waals surface area contributed by atoms with Crippen LogP contribution in [0.15, 0.2) is 30.5 Å². The number of aryl methyl sites for hydroxylation is 1. The van der Waals surface area contributed by atoms with Crippen LogP contribution >= 0.6 is 11.6 Å². The highest BCUT2D eigenvalue weighted by Crippen LogP contribution is 2.19. The number of aromatic nitrogens is 2. The lowest BCUT2D eigenvalue weighted by Crippen LogP contribution is -2.23. The summed E-state index contributed by atoms with van der Waals surface area (Å²) in [7, 11) is 1.96. The first-order chi connectivity index (χ1) is 8.61. The van der Waals surface area contributed by atoms with E-state index in [1.807, 2.05) is 18.7 Å². The monoisotopic (exact) mass is 263 g/mol. The van der Waals surface area contributed by atoms with Crippen LogP contribution in [-0.4, -0.2) is 16.8 Å². The maximum absolute atomic E-state index is 6.02. The van der Waals surface area contributed by atoms with Crippen LogP contribution in [0, 0.1) is 13.8 Å². The molecule has 0 saturated carbocycles. The second kappa shape index (κ2) is 5.55. The zero-order chi connectivity index (χ0) is 13.1. The number of hydrogen-bond donors (Lipinski definition) is 1. The zero-order valence-corrected chi connectivity index (χ0v) is 11.7. The first-order valence-electron chi connectivity index (χ1n) is 6.03. The molecule has 2 rings (SSSR count). The molecule has 1 atom stereocenters. The summed E-state index contributed by atoms with van der Waals surface area (Å²) in [6.07, 6.45) is 1.69. The number of halogens is 1. The van der Waals surface area contributed by atoms with Gasteiger partial charge in [0.25, 0.3) is 0 Å². The molecule has 0 spiro atoms. The Morgan fingerprint density at radius 1 is 1.28 bits per heavy atom. The van der Waals surface area contributed by atoms with E-state index >= 15 is 0 Å². The average Bonchev–Trinajstić information content (AvgIpc) is 2.69. The molecule has 0 aliphatic carbocycles. The van der Waals surface area contributed by atoms with Crippen molar-refractivity contribution in [3.63, 3.8) is 0 Å². The van der Waals surface area contributed by atoms with Crippen LogP contribution in [0.5, 0.6) is 0 Å². The molecular weight excluding hydrogens is 246 g/mol. The highest BCUT2D eigenvalue weighted by molar-refractivity contribution is 6.31. The summed E-state index contributed by atoms with van der Waals surface area (Å²) in [4.78, 5) is 0. The van der Waals surface area contributed by atoms with Gasteiger partial charge >= 0.3 is 0 Å². The quantitative estimate of drug-likeness (QED) is 0.919. The van der Waals surface area contributed by atoms with Crippen LogP contribution in [0.1, 0.15) is 22.9 Å². The minimum Gasteiger partial charge on any atom is -0.311 e. The smallest absolute Gasteiger partial charge is 0.0814 e. The molecule has 2 aromatic rings. The third-order valence-corrected chi connectivity index (χ3v) is 3.60. The molecule has 1 heterocycles. The fourth-order valence-electron chi connectivity index (χ4n) is 1.94. The molecular formula is C14H18ClN3. The van der Waals surface area contributed by atoms with E-state index in [1.54, 1.807) is 6.20 Å². The summed E-state index contributed by atoms with van der Waals surface area (Å²) >= 11 is 6.02. The van der Waals surface area contributed by atoms with Gasteiger partial charge in [-0.1, -0.05) is 41.4 Å². The first-order valence-corrected chi connectivity index (χ1v) is 6.41. The van der Waals surface area contributed by atoms with Crippen molar-refractivity contribution in [2.24, 2.45) is 0 Å². The largest absolute Gasteiger partial charge is 0.311 e. The van der Waals surface area contributed by atoms with Gasteiger partial charge in [-0.3, -0.25) is 4.68 Å². The van der Waals surface area contributed by atoms with Crippen molar-refractivity contribution in [3.05, 3.63) is 52.3 Å². The van der Waals surface area contributed by atoms with Gasteiger partial charge in [0.1, 0.15) is 0 Å². The normalized spacial score (nSPS) is 12.7. The Kier molecular flexibility index (Phi) is 4.04. The molecule has 0 bridgehead atoms. The molecule has 0 amide bonds. The van der Waals surface area contributed by atoms with Gasteiger partial charge in [0.15, 0.2) is 0 Å². The fraction of sp³-hybridized carbons (Fsp3) is 0.357. The summed E-state index contributed by atoms with van der Waals surface area (Å²) in [6.45, 7) is 4.85. The summed E-state index contributed by atoms with van der Waals surface area (Å²) in [5.74, 6) is 0. The van der Waals surface area contributed by atoms with Gasteiger partial charge in [-0.05, 0) is 26.5 Å². The van der Waals surface area contributed by atoms with Gasteiger partial charge in [0, 0.05) is 0 Å². The lowest BCUT2D eigenvalue weighted by Gasteiger charge is -2.18. The van der Waals surface area contributed by atoms with Gasteiger partial charge < -0.3 is 5.32 Å². The SMILES string of the molecule is CNC(Cn1ncc(Cl)c1C)c1ccc(C)cc1. The third-order valence-electron chi connectivity index (χ3n) is 3.23. The van der Waals surface area contributed by atoms with E-state index in [1.165, 1.54) is 11.1 Å². The average molecular weight is 264 g/mol. The predicted molar refractivity (Wildman–Crippen MR) is 75.0 cm³/mol. The third kappa shape index (κ3) is 2.74. The van der Waals surface area contributed by atoms with Crippen molar-refractivity contribution < 1.29 is 0 Å². The molecule has 1 N–H and O–H groups in total. The van der Waals surface area contributed by atoms with Crippen LogP contribution in [0.3, 0.4) is 0 Å². The Morgan fingerprint density at radius 3 is 2.44 bits per heavy atom. The first kappa shape index (κ1) is 13.1. The van der Waals surface area contributed by atoms with Gasteiger partial charge in [-0.25, -0.2) is 0 Å². The zero-order valence-electron chi connectivity index (χ0n) is 10.9. The van der Waals surface area contributed by atoms with Crippen molar-refractivity contribution in [1.29, 1.82) is 0 Å². The van der Waals surface area contributed by atoms with E-state index < -0.39 is 0 Å². The van der Waals surface area contributed by atoms with Crippen LogP contribution in [-0.2, 0) is 6.54 Å². The van der Waals surface area contributed by atoms with Gasteiger partial charge in [0.05, 0.1) is 29.5 Å². The van der Waals surface area contributed by atoms with E-state index in [4.69, 9.17) is 11.6 Å². The van der Waals surface area contributed by atoms with E-state index in [0.717, 1.165) is 12.2 Å². The highest BCUT2D eigenvalue weighted by atomic mass is 35.5. The van der Waals surface area contributed by atoms with Crippen molar-refractivity contribution >= 4 is 11.6 Å². The maximum Gasteiger partial charge on any atom is 0.0814 e. The molecule has 0 radical (unpaired) electrons. The van der Waals surface area contributed by atoms with Gasteiger partial charge in [-0.15, -0.1) is 0 Å². The van der Waals surface area contributed by atoms with Crippen molar-refractivity contribution in [3.8, 4) is 0 Å². The Hall–Kier alpha value is -1.32. The molecule has 0 fully saturated rings. The second-order valence-electron chi connectivity index (χ2n) is 4.51. The molecule has 96 valence electrons. The molecule has 0 aliphatic rings. The Morgan fingerprint density at radius 2 is 1.94 bits per heavy atom. The maximum atomic E-state index is 6.02. The number of likely N-dealkylation sites (N-methyl/N-ethyl adjacent to an activating group) is 1. The summed E-state index contributed by atoms with van der Waals surface area (Å²) in [5.41, 5.74) is 3.53. The Labute approximate surface area is 113 Å². The minimum absolute atomic E-state index is 0.236. The molecule has 4 heteroatoms. The summed E-state index contributed by atoms with van der Waals surface area (Å²) in [5, 5.41) is 8.33. The lowest BCUT2D eigenvalue weighted by molar-refractivity contribution is 0.461. The lowest BCUT2D eigenvalue weighted by atomic mass is 10.1. The van der Waals surface area contributed by atoms with Crippen molar-refractivity contribution in [1.82, 2.24) is 15.1 Å². The summed E-state index contributed by atoms with van der Waals surface area (Å²) < 4.78 is 1.93. The van der Waals surface area contributed by atoms with Gasteiger partial charge in [-0.2, -0.15) is 5.10 Å². The second-order valence-corrected chi connectivity index (χ2v) is 4.92. The highest BCUT2D eigenvalue weighted by Gasteiger charge is 2.12. The topological polar surface area (TPSA) is 29.9 Å². The number of nitrogens with one attached hydrogen (secondary N) is 1. The fourth-order valence-corrected chi connectivity index (χ4v) is 2.08.